The zero-order valence-electron chi connectivity index (χ0n) is 16.5. The summed E-state index contributed by atoms with van der Waals surface area (Å²) in [6, 6.07) is 8.58. The van der Waals surface area contributed by atoms with Gasteiger partial charge < -0.3 is 10.2 Å². The molecule has 1 saturated carbocycles. The minimum Gasteiger partial charge on any atom is -0.355 e. The topological polar surface area (TPSA) is 58.1 Å². The predicted octanol–water partition coefficient (Wildman–Crippen LogP) is 4.65. The summed E-state index contributed by atoms with van der Waals surface area (Å²) in [6.45, 7) is 1.74. The summed E-state index contributed by atoms with van der Waals surface area (Å²) in [5.41, 5.74) is 0.923. The summed E-state index contributed by atoms with van der Waals surface area (Å²) < 4.78 is 0. The third-order valence-electron chi connectivity index (χ3n) is 6.07. The normalized spacial score (nSPS) is 19.8. The quantitative estimate of drug-likeness (QED) is 0.814. The molecule has 5 nitrogen and oxygen atoms in total. The van der Waals surface area contributed by atoms with Crippen LogP contribution in [0.25, 0.3) is 10.6 Å². The van der Waals surface area contributed by atoms with Gasteiger partial charge in [0.05, 0.1) is 4.88 Å². The van der Waals surface area contributed by atoms with E-state index in [-0.39, 0.29) is 11.8 Å². The smallest absolute Gasteiger partial charge is 0.223 e. The molecule has 0 aromatic carbocycles. The van der Waals surface area contributed by atoms with E-state index in [4.69, 9.17) is 0 Å². The third kappa shape index (κ3) is 4.90. The number of carbonyl (C=O) groups excluding carboxylic acids is 1. The monoisotopic (exact) mass is 398 g/mol. The van der Waals surface area contributed by atoms with Crippen LogP contribution in [0.3, 0.4) is 0 Å². The lowest BCUT2D eigenvalue weighted by Gasteiger charge is -2.33. The first-order chi connectivity index (χ1) is 13.8. The minimum atomic E-state index is 0.139. The number of thiophene rings is 1. The molecule has 0 atom stereocenters. The van der Waals surface area contributed by atoms with Crippen LogP contribution in [-0.4, -0.2) is 35.2 Å². The Morgan fingerprint density at radius 3 is 2.36 bits per heavy atom. The summed E-state index contributed by atoms with van der Waals surface area (Å²) in [4.78, 5) is 16.1. The van der Waals surface area contributed by atoms with Gasteiger partial charge in [0.25, 0.3) is 0 Å². The number of hydrogen-bond donors (Lipinski definition) is 1. The number of rotatable bonds is 4. The zero-order valence-corrected chi connectivity index (χ0v) is 17.3. The van der Waals surface area contributed by atoms with Gasteiger partial charge in [-0.15, -0.1) is 21.5 Å². The highest BCUT2D eigenvalue weighted by Crippen LogP contribution is 2.26. The van der Waals surface area contributed by atoms with Gasteiger partial charge in [0.1, 0.15) is 5.69 Å². The van der Waals surface area contributed by atoms with Gasteiger partial charge in [0.2, 0.25) is 5.91 Å². The van der Waals surface area contributed by atoms with E-state index in [1.165, 1.54) is 32.1 Å². The first-order valence-electron chi connectivity index (χ1n) is 10.7. The van der Waals surface area contributed by atoms with Crippen molar-refractivity contribution < 1.29 is 4.79 Å². The molecule has 0 unspecified atom stereocenters. The zero-order chi connectivity index (χ0) is 19.2. The van der Waals surface area contributed by atoms with E-state index in [1.807, 2.05) is 12.1 Å². The minimum absolute atomic E-state index is 0.139. The van der Waals surface area contributed by atoms with Crippen molar-refractivity contribution in [2.75, 3.05) is 18.0 Å². The Kier molecular flexibility index (Phi) is 6.57. The second-order valence-electron chi connectivity index (χ2n) is 8.07. The maximum Gasteiger partial charge on any atom is 0.223 e. The fourth-order valence-corrected chi connectivity index (χ4v) is 5.03. The summed E-state index contributed by atoms with van der Waals surface area (Å²) in [7, 11) is 0. The lowest BCUT2D eigenvalue weighted by molar-refractivity contribution is -0.126. The Hall–Kier alpha value is -1.95. The number of nitrogens with zero attached hydrogens (tertiary/aromatic N) is 3. The van der Waals surface area contributed by atoms with Gasteiger partial charge in [0, 0.05) is 25.0 Å². The predicted molar refractivity (Wildman–Crippen MR) is 115 cm³/mol. The van der Waals surface area contributed by atoms with Crippen LogP contribution in [0.1, 0.15) is 57.8 Å². The molecule has 1 aliphatic carbocycles. The van der Waals surface area contributed by atoms with Crippen LogP contribution in [0.4, 0.5) is 5.82 Å². The number of amides is 1. The van der Waals surface area contributed by atoms with Gasteiger partial charge in [0.15, 0.2) is 5.82 Å². The number of anilines is 1. The highest BCUT2D eigenvalue weighted by atomic mass is 32.1. The van der Waals surface area contributed by atoms with Crippen LogP contribution in [0.5, 0.6) is 0 Å². The van der Waals surface area contributed by atoms with Crippen molar-refractivity contribution in [1.29, 1.82) is 0 Å². The molecule has 28 heavy (non-hydrogen) atoms. The third-order valence-corrected chi connectivity index (χ3v) is 6.96. The molecule has 1 N–H and O–H groups in total. The van der Waals surface area contributed by atoms with Gasteiger partial charge in [-0.25, -0.2) is 0 Å². The van der Waals surface area contributed by atoms with E-state index in [0.717, 1.165) is 55.2 Å². The second-order valence-corrected chi connectivity index (χ2v) is 9.01. The largest absolute Gasteiger partial charge is 0.355 e. The molecule has 0 bridgehead atoms. The molecule has 2 aromatic rings. The fourth-order valence-electron chi connectivity index (χ4n) is 4.34. The highest BCUT2D eigenvalue weighted by molar-refractivity contribution is 7.13. The fraction of sp³-hybridized carbons (Fsp3) is 0.591. The average molecular weight is 399 g/mol. The van der Waals surface area contributed by atoms with Crippen LogP contribution in [0, 0.1) is 5.92 Å². The number of hydrogen-bond acceptors (Lipinski definition) is 5. The van der Waals surface area contributed by atoms with Gasteiger partial charge in [-0.1, -0.05) is 38.2 Å². The van der Waals surface area contributed by atoms with Crippen molar-refractivity contribution >= 4 is 23.1 Å². The van der Waals surface area contributed by atoms with Crippen molar-refractivity contribution in [2.24, 2.45) is 5.92 Å². The average Bonchev–Trinajstić information content (AvgIpc) is 3.25. The van der Waals surface area contributed by atoms with Crippen molar-refractivity contribution in [1.82, 2.24) is 15.5 Å². The SMILES string of the molecule is O=C(NC1CCCCCCC1)C1CCN(c2ccc(-c3cccs3)nn2)CC1. The molecule has 150 valence electrons. The summed E-state index contributed by atoms with van der Waals surface area (Å²) in [5, 5.41) is 14.2. The molecule has 2 aliphatic rings. The number of piperidine rings is 1. The van der Waals surface area contributed by atoms with E-state index < -0.39 is 0 Å². The molecule has 0 radical (unpaired) electrons. The maximum atomic E-state index is 12.7. The Labute approximate surface area is 171 Å². The van der Waals surface area contributed by atoms with Crippen LogP contribution in [-0.2, 0) is 4.79 Å². The number of aromatic nitrogens is 2. The van der Waals surface area contributed by atoms with Gasteiger partial charge in [-0.3, -0.25) is 4.79 Å². The van der Waals surface area contributed by atoms with E-state index in [0.29, 0.717) is 6.04 Å². The van der Waals surface area contributed by atoms with Gasteiger partial charge in [-0.2, -0.15) is 0 Å². The first-order valence-corrected chi connectivity index (χ1v) is 11.6. The van der Waals surface area contributed by atoms with Crippen LogP contribution >= 0.6 is 11.3 Å². The van der Waals surface area contributed by atoms with Crippen molar-refractivity contribution in [3.8, 4) is 10.6 Å². The molecule has 3 heterocycles. The van der Waals surface area contributed by atoms with Crippen molar-refractivity contribution in [3.63, 3.8) is 0 Å². The van der Waals surface area contributed by atoms with Crippen molar-refractivity contribution in [3.05, 3.63) is 29.6 Å². The highest BCUT2D eigenvalue weighted by Gasteiger charge is 2.27. The summed E-state index contributed by atoms with van der Waals surface area (Å²) >= 11 is 1.68. The molecular formula is C22H30N4OS. The maximum absolute atomic E-state index is 12.7. The standard InChI is InChI=1S/C22H30N4OS/c27-22(23-18-7-4-2-1-3-5-8-18)17-12-14-26(15-13-17)21-11-10-19(24-25-21)20-9-6-16-28-20/h6,9-11,16-18H,1-5,7-8,12-15H2,(H,23,27). The Balaban J connectivity index is 1.27. The second kappa shape index (κ2) is 9.50. The van der Waals surface area contributed by atoms with Crippen LogP contribution in [0.2, 0.25) is 0 Å². The lowest BCUT2D eigenvalue weighted by atomic mass is 9.93. The van der Waals surface area contributed by atoms with E-state index in [2.05, 4.69) is 37.9 Å². The molecule has 4 rings (SSSR count). The van der Waals surface area contributed by atoms with E-state index in [1.54, 1.807) is 11.3 Å². The molecule has 1 amide bonds. The molecule has 0 spiro atoms. The first kappa shape index (κ1) is 19.4. The van der Waals surface area contributed by atoms with Gasteiger partial charge >= 0.3 is 0 Å². The summed E-state index contributed by atoms with van der Waals surface area (Å²) in [6.07, 6.45) is 10.6. The van der Waals surface area contributed by atoms with Crippen LogP contribution < -0.4 is 10.2 Å². The number of carbonyl (C=O) groups is 1. The molecule has 1 saturated heterocycles. The molecule has 2 aromatic heterocycles. The molecule has 2 fully saturated rings. The van der Waals surface area contributed by atoms with Crippen LogP contribution in [0.15, 0.2) is 29.6 Å². The Bertz CT molecular complexity index is 730. The van der Waals surface area contributed by atoms with E-state index >= 15 is 0 Å². The van der Waals surface area contributed by atoms with E-state index in [9.17, 15) is 4.79 Å². The van der Waals surface area contributed by atoms with Crippen molar-refractivity contribution in [2.45, 2.75) is 63.8 Å². The molecular weight excluding hydrogens is 368 g/mol. The summed E-state index contributed by atoms with van der Waals surface area (Å²) in [5.74, 6) is 1.32. The van der Waals surface area contributed by atoms with Gasteiger partial charge in [-0.05, 0) is 49.3 Å². The lowest BCUT2D eigenvalue weighted by Crippen LogP contribution is -2.44. The Morgan fingerprint density at radius 2 is 1.71 bits per heavy atom. The molecule has 1 aliphatic heterocycles. The molecule has 6 heteroatoms. The Morgan fingerprint density at radius 1 is 0.964 bits per heavy atom. The number of nitrogens with one attached hydrogen (secondary N) is 1.